The van der Waals surface area contributed by atoms with Crippen LogP contribution in [-0.2, 0) is 3.45 Å². The summed E-state index contributed by atoms with van der Waals surface area (Å²) >= 11 is -1.30. The van der Waals surface area contributed by atoms with Crippen molar-refractivity contribution < 1.29 is 13.7 Å². The van der Waals surface area contributed by atoms with Gasteiger partial charge in [-0.2, -0.15) is 0 Å². The van der Waals surface area contributed by atoms with E-state index in [1.807, 2.05) is 0 Å². The van der Waals surface area contributed by atoms with E-state index in [9.17, 15) is 4.80 Å². The molecule has 0 aliphatic carbocycles. The SMILES string of the molecule is C=C[Si](C)(O)[O][Ge]([CH3])[CH3].O. The summed E-state index contributed by atoms with van der Waals surface area (Å²) in [6, 6.07) is 0. The second-order valence-corrected chi connectivity index (χ2v) is 10.1. The van der Waals surface area contributed by atoms with Gasteiger partial charge < -0.3 is 5.48 Å². The summed E-state index contributed by atoms with van der Waals surface area (Å²) in [6.07, 6.45) is 0. The van der Waals surface area contributed by atoms with Crippen LogP contribution in [0.3, 0.4) is 0 Å². The van der Waals surface area contributed by atoms with E-state index in [4.69, 9.17) is 3.45 Å². The molecule has 0 heterocycles. The van der Waals surface area contributed by atoms with Crippen LogP contribution in [0.1, 0.15) is 0 Å². The molecule has 0 aromatic carbocycles. The molecule has 0 rings (SSSR count). The molecule has 61 valence electrons. The van der Waals surface area contributed by atoms with E-state index in [0.29, 0.717) is 0 Å². The van der Waals surface area contributed by atoms with Crippen molar-refractivity contribution in [2.45, 2.75) is 18.1 Å². The van der Waals surface area contributed by atoms with Crippen molar-refractivity contribution in [3.8, 4) is 0 Å². The van der Waals surface area contributed by atoms with Gasteiger partial charge in [0, 0.05) is 0 Å². The zero-order valence-corrected chi connectivity index (χ0v) is 9.74. The molecule has 1 unspecified atom stereocenters. The first kappa shape index (κ1) is 13.0. The predicted molar refractivity (Wildman–Crippen MR) is 46.2 cm³/mol. The topological polar surface area (TPSA) is 61.0 Å². The fraction of sp³-hybridized carbons (Fsp3) is 0.600. The standard InChI is InChI=1S/C5H13GeO2Si.H2O/c1-5-9(4,7)8-6(2)3;/h5,7H,1H2,2-4H3;1H2. The maximum Gasteiger partial charge on any atom is -0.412 e. The van der Waals surface area contributed by atoms with Gasteiger partial charge >= 0.3 is 61.8 Å². The van der Waals surface area contributed by atoms with Gasteiger partial charge in [-0.3, -0.25) is 0 Å². The molecule has 3 nitrogen and oxygen atoms in total. The van der Waals surface area contributed by atoms with Crippen LogP contribution in [0.15, 0.2) is 12.3 Å². The zero-order chi connectivity index (χ0) is 7.49. The van der Waals surface area contributed by atoms with Gasteiger partial charge in [-0.1, -0.05) is 0 Å². The minimum Gasteiger partial charge on any atom is -0.412 e. The Morgan fingerprint density at radius 1 is 1.60 bits per heavy atom. The van der Waals surface area contributed by atoms with Gasteiger partial charge in [-0.25, -0.2) is 0 Å². The van der Waals surface area contributed by atoms with E-state index in [0.717, 1.165) is 0 Å². The van der Waals surface area contributed by atoms with E-state index in [2.05, 4.69) is 18.1 Å². The van der Waals surface area contributed by atoms with Crippen LogP contribution >= 0.6 is 0 Å². The van der Waals surface area contributed by atoms with Crippen molar-refractivity contribution in [2.24, 2.45) is 0 Å². The summed E-state index contributed by atoms with van der Waals surface area (Å²) in [5.74, 6) is 4.12. The molecule has 0 aromatic rings. The first-order valence-electron chi connectivity index (χ1n) is 2.83. The Balaban J connectivity index is 0. The molecule has 1 atom stereocenters. The van der Waals surface area contributed by atoms with Crippen molar-refractivity contribution in [3.05, 3.63) is 12.3 Å². The van der Waals surface area contributed by atoms with Crippen LogP contribution in [0.25, 0.3) is 0 Å². The van der Waals surface area contributed by atoms with Crippen LogP contribution in [0.2, 0.25) is 18.1 Å². The number of hydrogen-bond acceptors (Lipinski definition) is 2. The summed E-state index contributed by atoms with van der Waals surface area (Å²) in [4.78, 5) is 9.33. The van der Waals surface area contributed by atoms with Crippen molar-refractivity contribution in [3.63, 3.8) is 0 Å². The van der Waals surface area contributed by atoms with Gasteiger partial charge in [-0.15, -0.1) is 0 Å². The van der Waals surface area contributed by atoms with E-state index < -0.39 is 23.2 Å². The Hall–Kier alpha value is 0.380. The molecular formula is C5H15GeO3Si. The Bertz CT molecular complexity index is 105. The predicted octanol–water partition coefficient (Wildman–Crippen LogP) is 0.219. The largest absolute Gasteiger partial charge is 0.412 e. The van der Waals surface area contributed by atoms with E-state index in [-0.39, 0.29) is 5.48 Å². The third-order valence-corrected chi connectivity index (χ3v) is 7.54. The third-order valence-electron chi connectivity index (χ3n) is 0.789. The van der Waals surface area contributed by atoms with E-state index >= 15 is 0 Å². The molecule has 10 heavy (non-hydrogen) atoms. The molecule has 0 aliphatic rings. The summed E-state index contributed by atoms with van der Waals surface area (Å²) < 4.78 is 5.33. The van der Waals surface area contributed by atoms with E-state index in [1.54, 1.807) is 12.2 Å². The van der Waals surface area contributed by atoms with Crippen LogP contribution in [0, 0.1) is 0 Å². The molecule has 1 radical (unpaired) electrons. The maximum atomic E-state index is 9.33. The molecule has 0 saturated carbocycles. The van der Waals surface area contributed by atoms with Crippen LogP contribution < -0.4 is 0 Å². The van der Waals surface area contributed by atoms with Crippen LogP contribution in [0.5, 0.6) is 0 Å². The fourth-order valence-electron chi connectivity index (χ4n) is 0.455. The molecule has 0 amide bonds. The molecule has 0 bridgehead atoms. The Kier molecular flexibility index (Phi) is 6.61. The van der Waals surface area contributed by atoms with Crippen molar-refractivity contribution in [1.82, 2.24) is 0 Å². The Morgan fingerprint density at radius 2 is 2.00 bits per heavy atom. The van der Waals surface area contributed by atoms with E-state index in [1.165, 1.54) is 0 Å². The minimum atomic E-state index is -2.40. The fourth-order valence-corrected chi connectivity index (χ4v) is 7.09. The Morgan fingerprint density at radius 3 is 2.10 bits per heavy atom. The van der Waals surface area contributed by atoms with Crippen LogP contribution in [-0.4, -0.2) is 33.5 Å². The van der Waals surface area contributed by atoms with Crippen molar-refractivity contribution in [2.75, 3.05) is 0 Å². The summed E-state index contributed by atoms with van der Waals surface area (Å²) in [5, 5.41) is 0. The first-order valence-corrected chi connectivity index (χ1v) is 10.3. The average Bonchev–Trinajstić information content (AvgIpc) is 1.63. The first-order chi connectivity index (χ1) is 3.98. The van der Waals surface area contributed by atoms with Gasteiger partial charge in [0.1, 0.15) is 0 Å². The Labute approximate surface area is 67.7 Å². The summed E-state index contributed by atoms with van der Waals surface area (Å²) in [6.45, 7) is 5.23. The van der Waals surface area contributed by atoms with Crippen molar-refractivity contribution >= 4 is 23.2 Å². The van der Waals surface area contributed by atoms with Crippen molar-refractivity contribution in [1.29, 1.82) is 0 Å². The smallest absolute Gasteiger partial charge is 0.412 e. The molecule has 0 aromatic heterocycles. The monoisotopic (exact) mass is 225 g/mol. The number of hydrogen-bond donors (Lipinski definition) is 1. The van der Waals surface area contributed by atoms with Gasteiger partial charge in [0.25, 0.3) is 0 Å². The zero-order valence-electron chi connectivity index (χ0n) is 6.64. The quantitative estimate of drug-likeness (QED) is 0.696. The minimum absolute atomic E-state index is 0. The summed E-state index contributed by atoms with van der Waals surface area (Å²) in [5.41, 5.74) is 1.55. The molecule has 0 saturated heterocycles. The maximum absolute atomic E-state index is 9.33. The summed E-state index contributed by atoms with van der Waals surface area (Å²) in [7, 11) is -2.40. The van der Waals surface area contributed by atoms with Gasteiger partial charge in [-0.05, 0) is 0 Å². The normalized spacial score (nSPS) is 15.7. The number of rotatable bonds is 3. The van der Waals surface area contributed by atoms with Crippen LogP contribution in [0.4, 0.5) is 0 Å². The second kappa shape index (κ2) is 5.09. The van der Waals surface area contributed by atoms with Gasteiger partial charge in [0.2, 0.25) is 0 Å². The molecule has 5 heteroatoms. The molecule has 0 fully saturated rings. The second-order valence-electron chi connectivity index (χ2n) is 2.27. The molecular weight excluding hydrogens is 209 g/mol. The molecule has 0 spiro atoms. The van der Waals surface area contributed by atoms with Gasteiger partial charge in [0.15, 0.2) is 0 Å². The molecule has 3 N–H and O–H groups in total. The van der Waals surface area contributed by atoms with Gasteiger partial charge in [0.05, 0.1) is 0 Å². The molecule has 0 aliphatic heterocycles. The average molecular weight is 224 g/mol. The third kappa shape index (κ3) is 6.50.